The molecule has 0 radical (unpaired) electrons. The number of carboxylic acids is 1. The Morgan fingerprint density at radius 1 is 1.11 bits per heavy atom. The van der Waals surface area contributed by atoms with Gasteiger partial charge in [0.15, 0.2) is 0 Å². The van der Waals surface area contributed by atoms with Crippen molar-refractivity contribution in [1.29, 1.82) is 0 Å². The Morgan fingerprint density at radius 2 is 1.87 bits per heavy atom. The van der Waals surface area contributed by atoms with Gasteiger partial charge in [-0.3, -0.25) is 9.69 Å². The number of nitrogens with zero attached hydrogens (tertiary/aromatic N) is 2. The average molecular weight is 527 g/mol. The highest BCUT2D eigenvalue weighted by molar-refractivity contribution is 6.33. The number of amides is 1. The Kier molecular flexibility index (Phi) is 5.13. The van der Waals surface area contributed by atoms with Gasteiger partial charge in [-0.05, 0) is 79.8 Å². The maximum atomic E-state index is 13.5. The lowest BCUT2D eigenvalue weighted by molar-refractivity contribution is -0.119. The Bertz CT molecular complexity index is 1600. The number of anilines is 2. The molecule has 1 amide bonds. The molecular weight excluding hydrogens is 504 g/mol. The van der Waals surface area contributed by atoms with Crippen molar-refractivity contribution in [3.8, 4) is 17.0 Å². The van der Waals surface area contributed by atoms with E-state index in [0.29, 0.717) is 28.1 Å². The summed E-state index contributed by atoms with van der Waals surface area (Å²) in [7, 11) is 0. The minimum absolute atomic E-state index is 0.0174. The summed E-state index contributed by atoms with van der Waals surface area (Å²) >= 11 is 6.47. The zero-order valence-corrected chi connectivity index (χ0v) is 21.1. The third kappa shape index (κ3) is 3.61. The molecule has 3 aliphatic rings. The second-order valence-electron chi connectivity index (χ2n) is 10.2. The molecule has 8 heteroatoms. The number of fused-ring (bicyclic) bond motifs is 2. The minimum Gasteiger partial charge on any atom is -0.489 e. The Hall–Kier alpha value is -4.10. The van der Waals surface area contributed by atoms with Crippen molar-refractivity contribution >= 4 is 34.9 Å². The minimum atomic E-state index is -1.000. The van der Waals surface area contributed by atoms with Crippen molar-refractivity contribution in [2.45, 2.75) is 43.6 Å². The number of benzene rings is 3. The normalized spacial score (nSPS) is 17.1. The Labute approximate surface area is 223 Å². The fraction of sp³-hybridized carbons (Fsp3) is 0.233. The van der Waals surface area contributed by atoms with Gasteiger partial charge in [0.1, 0.15) is 23.8 Å². The van der Waals surface area contributed by atoms with Crippen LogP contribution in [-0.2, 0) is 16.8 Å². The molecule has 1 spiro atoms. The topological polar surface area (TPSA) is 92.9 Å². The maximum Gasteiger partial charge on any atom is 0.335 e. The molecule has 2 saturated carbocycles. The van der Waals surface area contributed by atoms with Crippen molar-refractivity contribution in [3.05, 3.63) is 94.2 Å². The van der Waals surface area contributed by atoms with E-state index in [1.165, 1.54) is 12.1 Å². The first-order valence-electron chi connectivity index (χ1n) is 12.6. The molecular formula is C30H23ClN2O5. The van der Waals surface area contributed by atoms with Gasteiger partial charge in [0.05, 0.1) is 27.3 Å². The standard InChI is InChI=1S/C30H23ClN2O5/c31-24-4-2-1-3-21(24)26-22(27(38-32-26)17-5-6-17)16-37-20-11-12-25-23(15-20)30(13-14-30)29(36)33(25)19-9-7-18(8-10-19)28(34)35/h1-4,7-12,15,17H,5-6,13-14,16H2,(H,34,35). The van der Waals surface area contributed by atoms with Crippen molar-refractivity contribution in [3.63, 3.8) is 0 Å². The molecule has 3 aromatic carbocycles. The van der Waals surface area contributed by atoms with Gasteiger partial charge in [0, 0.05) is 17.2 Å². The highest BCUT2D eigenvalue weighted by Gasteiger charge is 2.59. The summed E-state index contributed by atoms with van der Waals surface area (Å²) in [5, 5.41) is 14.2. The van der Waals surface area contributed by atoms with Crippen LogP contribution in [0.25, 0.3) is 11.3 Å². The van der Waals surface area contributed by atoms with Crippen LogP contribution in [0.2, 0.25) is 5.02 Å². The van der Waals surface area contributed by atoms with E-state index in [0.717, 1.165) is 53.8 Å². The number of rotatable bonds is 7. The lowest BCUT2D eigenvalue weighted by atomic mass is 9.98. The molecule has 4 aromatic rings. The van der Waals surface area contributed by atoms with E-state index in [9.17, 15) is 14.7 Å². The average Bonchev–Trinajstić information content (AvgIpc) is 3.85. The highest BCUT2D eigenvalue weighted by atomic mass is 35.5. The van der Waals surface area contributed by atoms with Crippen molar-refractivity contribution < 1.29 is 24.0 Å². The third-order valence-corrected chi connectivity index (χ3v) is 8.07. The number of aromatic carboxylic acids is 1. The van der Waals surface area contributed by atoms with Gasteiger partial charge in [-0.25, -0.2) is 4.79 Å². The van der Waals surface area contributed by atoms with Gasteiger partial charge in [-0.15, -0.1) is 0 Å². The molecule has 190 valence electrons. The SMILES string of the molecule is O=C(O)c1ccc(N2C(=O)C3(CC3)c3cc(OCc4c(-c5ccccc5Cl)noc4C4CC4)ccc32)cc1. The van der Waals surface area contributed by atoms with Gasteiger partial charge in [0.2, 0.25) is 5.91 Å². The predicted molar refractivity (Wildman–Crippen MR) is 141 cm³/mol. The molecule has 1 aromatic heterocycles. The first kappa shape index (κ1) is 23.0. The number of aromatic nitrogens is 1. The van der Waals surface area contributed by atoms with Crippen LogP contribution in [0.4, 0.5) is 11.4 Å². The molecule has 2 aliphatic carbocycles. The summed E-state index contributed by atoms with van der Waals surface area (Å²) in [6.07, 6.45) is 3.69. The zero-order valence-electron chi connectivity index (χ0n) is 20.3. The Balaban J connectivity index is 1.20. The summed E-state index contributed by atoms with van der Waals surface area (Å²) in [5.41, 5.74) is 4.46. The van der Waals surface area contributed by atoms with E-state index in [1.807, 2.05) is 42.5 Å². The fourth-order valence-electron chi connectivity index (χ4n) is 5.39. The molecule has 0 bridgehead atoms. The monoisotopic (exact) mass is 526 g/mol. The van der Waals surface area contributed by atoms with Gasteiger partial charge in [-0.1, -0.05) is 35.0 Å². The smallest absolute Gasteiger partial charge is 0.335 e. The van der Waals surface area contributed by atoms with E-state index in [1.54, 1.807) is 17.0 Å². The molecule has 1 N–H and O–H groups in total. The first-order chi connectivity index (χ1) is 18.5. The summed E-state index contributed by atoms with van der Waals surface area (Å²) in [6, 6.07) is 19.7. The lowest BCUT2D eigenvalue weighted by Crippen LogP contribution is -2.27. The lowest BCUT2D eigenvalue weighted by Gasteiger charge is -2.18. The van der Waals surface area contributed by atoms with Crippen LogP contribution in [0.3, 0.4) is 0 Å². The first-order valence-corrected chi connectivity index (χ1v) is 13.0. The number of halogens is 1. The van der Waals surface area contributed by atoms with Crippen LogP contribution in [-0.4, -0.2) is 22.1 Å². The quantitative estimate of drug-likeness (QED) is 0.283. The molecule has 38 heavy (non-hydrogen) atoms. The summed E-state index contributed by atoms with van der Waals surface area (Å²) < 4.78 is 12.1. The van der Waals surface area contributed by atoms with E-state index in [-0.39, 0.29) is 18.1 Å². The van der Waals surface area contributed by atoms with Crippen LogP contribution in [0, 0.1) is 0 Å². The second kappa shape index (κ2) is 8.46. The summed E-state index contributed by atoms with van der Waals surface area (Å²) in [5.74, 6) is 0.889. The van der Waals surface area contributed by atoms with Crippen molar-refractivity contribution in [1.82, 2.24) is 5.16 Å². The fourth-order valence-corrected chi connectivity index (χ4v) is 5.61. The summed E-state index contributed by atoms with van der Waals surface area (Å²) in [4.78, 5) is 26.5. The molecule has 0 saturated heterocycles. The predicted octanol–water partition coefficient (Wildman–Crippen LogP) is 6.86. The number of hydrogen-bond donors (Lipinski definition) is 1. The van der Waals surface area contributed by atoms with E-state index < -0.39 is 11.4 Å². The molecule has 2 fully saturated rings. The molecule has 7 rings (SSSR count). The number of carbonyl (C=O) groups excluding carboxylic acids is 1. The van der Waals surface area contributed by atoms with E-state index >= 15 is 0 Å². The van der Waals surface area contributed by atoms with Crippen LogP contribution in [0.15, 0.2) is 71.3 Å². The van der Waals surface area contributed by atoms with Crippen molar-refractivity contribution in [2.75, 3.05) is 4.90 Å². The molecule has 0 atom stereocenters. The number of carbonyl (C=O) groups is 2. The number of ether oxygens (including phenoxy) is 1. The van der Waals surface area contributed by atoms with E-state index in [2.05, 4.69) is 5.16 Å². The zero-order chi connectivity index (χ0) is 26.0. The second-order valence-corrected chi connectivity index (χ2v) is 10.6. The van der Waals surface area contributed by atoms with Gasteiger partial charge in [-0.2, -0.15) is 0 Å². The van der Waals surface area contributed by atoms with Gasteiger partial charge in [0.25, 0.3) is 0 Å². The highest BCUT2D eigenvalue weighted by Crippen LogP contribution is 2.59. The Morgan fingerprint density at radius 3 is 2.55 bits per heavy atom. The molecule has 2 heterocycles. The van der Waals surface area contributed by atoms with Crippen LogP contribution in [0.5, 0.6) is 5.75 Å². The van der Waals surface area contributed by atoms with Crippen LogP contribution in [0.1, 0.15) is 58.8 Å². The number of carboxylic acid groups (broad SMARTS) is 1. The molecule has 7 nitrogen and oxygen atoms in total. The third-order valence-electron chi connectivity index (χ3n) is 7.74. The maximum absolute atomic E-state index is 13.5. The van der Waals surface area contributed by atoms with Crippen LogP contribution >= 0.6 is 11.6 Å². The molecule has 1 aliphatic heterocycles. The van der Waals surface area contributed by atoms with Crippen molar-refractivity contribution in [2.24, 2.45) is 0 Å². The molecule has 0 unspecified atom stereocenters. The van der Waals surface area contributed by atoms with Gasteiger partial charge >= 0.3 is 5.97 Å². The van der Waals surface area contributed by atoms with E-state index in [4.69, 9.17) is 20.9 Å². The number of hydrogen-bond acceptors (Lipinski definition) is 5. The van der Waals surface area contributed by atoms with Gasteiger partial charge < -0.3 is 14.4 Å². The van der Waals surface area contributed by atoms with Crippen LogP contribution < -0.4 is 9.64 Å². The summed E-state index contributed by atoms with van der Waals surface area (Å²) in [6.45, 7) is 0.274. The largest absolute Gasteiger partial charge is 0.489 e.